The molecule has 0 radical (unpaired) electrons. The van der Waals surface area contributed by atoms with E-state index in [2.05, 4.69) is 10.6 Å². The van der Waals surface area contributed by atoms with Crippen LogP contribution < -0.4 is 10.6 Å². The number of benzene rings is 2. The van der Waals surface area contributed by atoms with E-state index in [0.29, 0.717) is 17.3 Å². The molecule has 0 saturated carbocycles. The monoisotopic (exact) mass is 414 g/mol. The van der Waals surface area contributed by atoms with Gasteiger partial charge in [0, 0.05) is 23.7 Å². The highest BCUT2D eigenvalue weighted by molar-refractivity contribution is 6.30. The van der Waals surface area contributed by atoms with Crippen LogP contribution in [0.5, 0.6) is 0 Å². The fraction of sp³-hybridized carbons (Fsp3) is 0.227. The minimum Gasteiger partial charge on any atom is -0.463 e. The first-order chi connectivity index (χ1) is 13.9. The lowest BCUT2D eigenvalue weighted by Crippen LogP contribution is -2.29. The smallest absolute Gasteiger partial charge is 0.330 e. The SMILES string of the molecule is CCOC(=O)/C=C/c1ccc(NC(=O)CC(NC(C)=O)c2ccc(Cl)cc2)cc1. The van der Waals surface area contributed by atoms with Gasteiger partial charge in [-0.25, -0.2) is 4.79 Å². The van der Waals surface area contributed by atoms with Gasteiger partial charge in [0.05, 0.1) is 19.1 Å². The van der Waals surface area contributed by atoms with Crippen LogP contribution in [0, 0.1) is 0 Å². The Bertz CT molecular complexity index is 877. The Morgan fingerprint density at radius 2 is 1.72 bits per heavy atom. The summed E-state index contributed by atoms with van der Waals surface area (Å²) >= 11 is 5.91. The fourth-order valence-electron chi connectivity index (χ4n) is 2.62. The number of amides is 2. The molecule has 0 saturated heterocycles. The van der Waals surface area contributed by atoms with Gasteiger partial charge in [-0.05, 0) is 48.4 Å². The van der Waals surface area contributed by atoms with E-state index in [-0.39, 0.29) is 18.2 Å². The van der Waals surface area contributed by atoms with Crippen molar-refractivity contribution in [1.82, 2.24) is 5.32 Å². The van der Waals surface area contributed by atoms with Crippen LogP contribution in [0.3, 0.4) is 0 Å². The number of ether oxygens (including phenoxy) is 1. The molecule has 2 rings (SSSR count). The number of hydrogen-bond donors (Lipinski definition) is 2. The van der Waals surface area contributed by atoms with E-state index in [1.54, 1.807) is 61.5 Å². The minimum atomic E-state index is -0.462. The molecule has 6 nitrogen and oxygen atoms in total. The molecule has 0 aromatic heterocycles. The molecule has 2 N–H and O–H groups in total. The second kappa shape index (κ2) is 11.0. The van der Waals surface area contributed by atoms with Gasteiger partial charge in [0.1, 0.15) is 0 Å². The Balaban J connectivity index is 1.99. The van der Waals surface area contributed by atoms with E-state index in [1.807, 2.05) is 0 Å². The van der Waals surface area contributed by atoms with Gasteiger partial charge in [0.25, 0.3) is 0 Å². The van der Waals surface area contributed by atoms with Crippen molar-refractivity contribution in [2.75, 3.05) is 11.9 Å². The summed E-state index contributed by atoms with van der Waals surface area (Å²) in [6, 6.07) is 13.5. The lowest BCUT2D eigenvalue weighted by atomic mass is 10.0. The third-order valence-electron chi connectivity index (χ3n) is 3.93. The van der Waals surface area contributed by atoms with Crippen LogP contribution in [0.2, 0.25) is 5.02 Å². The van der Waals surface area contributed by atoms with Gasteiger partial charge in [-0.3, -0.25) is 9.59 Å². The summed E-state index contributed by atoms with van der Waals surface area (Å²) in [5.41, 5.74) is 2.20. The molecule has 0 aliphatic carbocycles. The fourth-order valence-corrected chi connectivity index (χ4v) is 2.75. The molecular weight excluding hydrogens is 392 g/mol. The molecule has 0 fully saturated rings. The van der Waals surface area contributed by atoms with Gasteiger partial charge in [-0.15, -0.1) is 0 Å². The van der Waals surface area contributed by atoms with Crippen LogP contribution in [0.4, 0.5) is 5.69 Å². The third kappa shape index (κ3) is 7.79. The highest BCUT2D eigenvalue weighted by atomic mass is 35.5. The van der Waals surface area contributed by atoms with Gasteiger partial charge in [-0.2, -0.15) is 0 Å². The molecule has 7 heteroatoms. The number of carbonyl (C=O) groups excluding carboxylic acids is 3. The van der Waals surface area contributed by atoms with E-state index in [1.165, 1.54) is 13.0 Å². The van der Waals surface area contributed by atoms with Crippen molar-refractivity contribution in [1.29, 1.82) is 0 Å². The van der Waals surface area contributed by atoms with Crippen molar-refractivity contribution < 1.29 is 19.1 Å². The Labute approximate surface area is 174 Å². The maximum atomic E-state index is 12.5. The molecule has 2 aromatic rings. The van der Waals surface area contributed by atoms with Crippen molar-refractivity contribution in [3.63, 3.8) is 0 Å². The molecule has 0 bridgehead atoms. The number of nitrogens with one attached hydrogen (secondary N) is 2. The third-order valence-corrected chi connectivity index (χ3v) is 4.18. The second-order valence-corrected chi connectivity index (χ2v) is 6.70. The second-order valence-electron chi connectivity index (χ2n) is 6.26. The van der Waals surface area contributed by atoms with Crippen molar-refractivity contribution in [3.8, 4) is 0 Å². The van der Waals surface area contributed by atoms with Crippen molar-refractivity contribution in [3.05, 3.63) is 70.8 Å². The maximum Gasteiger partial charge on any atom is 0.330 e. The van der Waals surface area contributed by atoms with Crippen molar-refractivity contribution in [2.45, 2.75) is 26.3 Å². The summed E-state index contributed by atoms with van der Waals surface area (Å²) in [5, 5.41) is 6.17. The van der Waals surface area contributed by atoms with Crippen LogP contribution >= 0.6 is 11.6 Å². The van der Waals surface area contributed by atoms with E-state index in [9.17, 15) is 14.4 Å². The lowest BCUT2D eigenvalue weighted by Gasteiger charge is -2.18. The Kier molecular flexibility index (Phi) is 8.43. The predicted molar refractivity (Wildman–Crippen MR) is 113 cm³/mol. The zero-order valence-corrected chi connectivity index (χ0v) is 17.0. The minimum absolute atomic E-state index is 0.0751. The van der Waals surface area contributed by atoms with Gasteiger partial charge in [0.2, 0.25) is 11.8 Å². The summed E-state index contributed by atoms with van der Waals surface area (Å²) < 4.78 is 4.83. The predicted octanol–water partition coefficient (Wildman–Crippen LogP) is 4.12. The van der Waals surface area contributed by atoms with Gasteiger partial charge >= 0.3 is 5.97 Å². The van der Waals surface area contributed by atoms with Gasteiger partial charge < -0.3 is 15.4 Å². The first-order valence-corrected chi connectivity index (χ1v) is 9.52. The van der Waals surface area contributed by atoms with E-state index in [4.69, 9.17) is 16.3 Å². The number of carbonyl (C=O) groups is 3. The van der Waals surface area contributed by atoms with Crippen LogP contribution in [-0.4, -0.2) is 24.4 Å². The van der Waals surface area contributed by atoms with Gasteiger partial charge in [-0.1, -0.05) is 35.9 Å². The lowest BCUT2D eigenvalue weighted by molar-refractivity contribution is -0.137. The molecule has 1 atom stereocenters. The topological polar surface area (TPSA) is 84.5 Å². The quantitative estimate of drug-likeness (QED) is 0.502. The number of rotatable bonds is 8. The largest absolute Gasteiger partial charge is 0.463 e. The van der Waals surface area contributed by atoms with Crippen molar-refractivity contribution in [2.24, 2.45) is 0 Å². The summed E-state index contributed by atoms with van der Waals surface area (Å²) in [6.45, 7) is 3.47. The summed E-state index contributed by atoms with van der Waals surface area (Å²) in [6.07, 6.45) is 3.06. The number of halogens is 1. The highest BCUT2D eigenvalue weighted by Gasteiger charge is 2.17. The Morgan fingerprint density at radius 1 is 1.07 bits per heavy atom. The molecule has 2 aromatic carbocycles. The molecule has 29 heavy (non-hydrogen) atoms. The van der Waals surface area contributed by atoms with Crippen LogP contribution in [0.25, 0.3) is 6.08 Å². The average molecular weight is 415 g/mol. The number of hydrogen-bond acceptors (Lipinski definition) is 4. The molecule has 0 aliphatic heterocycles. The van der Waals surface area contributed by atoms with Crippen LogP contribution in [0.15, 0.2) is 54.6 Å². The molecule has 0 aliphatic rings. The average Bonchev–Trinajstić information content (AvgIpc) is 2.67. The maximum absolute atomic E-state index is 12.5. The molecule has 0 heterocycles. The highest BCUT2D eigenvalue weighted by Crippen LogP contribution is 2.20. The van der Waals surface area contributed by atoms with E-state index >= 15 is 0 Å². The molecule has 2 amide bonds. The van der Waals surface area contributed by atoms with Crippen LogP contribution in [0.1, 0.15) is 37.4 Å². The first-order valence-electron chi connectivity index (χ1n) is 9.14. The molecular formula is C22H23ClN2O4. The normalized spacial score (nSPS) is 11.7. The zero-order valence-electron chi connectivity index (χ0n) is 16.3. The van der Waals surface area contributed by atoms with Crippen LogP contribution in [-0.2, 0) is 19.1 Å². The zero-order chi connectivity index (χ0) is 21.2. The number of esters is 1. The molecule has 152 valence electrons. The Morgan fingerprint density at radius 3 is 2.31 bits per heavy atom. The van der Waals surface area contributed by atoms with Gasteiger partial charge in [0.15, 0.2) is 0 Å². The van der Waals surface area contributed by atoms with Crippen molar-refractivity contribution >= 4 is 41.1 Å². The molecule has 0 spiro atoms. The summed E-state index contributed by atoms with van der Waals surface area (Å²) in [5.74, 6) is -0.875. The van der Waals surface area contributed by atoms with E-state index < -0.39 is 12.0 Å². The Hall–Kier alpha value is -3.12. The standard InChI is InChI=1S/C22H23ClN2O4/c1-3-29-22(28)13-6-16-4-11-19(12-5-16)25-21(27)14-20(24-15(2)26)17-7-9-18(23)10-8-17/h4-13,20H,3,14H2,1-2H3,(H,24,26)(H,25,27)/b13-6+. The molecule has 1 unspecified atom stereocenters. The number of anilines is 1. The van der Waals surface area contributed by atoms with E-state index in [0.717, 1.165) is 11.1 Å². The summed E-state index contributed by atoms with van der Waals surface area (Å²) in [4.78, 5) is 35.3. The summed E-state index contributed by atoms with van der Waals surface area (Å²) in [7, 11) is 0. The first kappa shape index (κ1) is 22.2.